The lowest BCUT2D eigenvalue weighted by Gasteiger charge is -2.05. The highest BCUT2D eigenvalue weighted by molar-refractivity contribution is 7.14. The van der Waals surface area contributed by atoms with E-state index in [0.717, 1.165) is 17.3 Å². The maximum atomic E-state index is 13.1. The number of hydrogen-bond donors (Lipinski definition) is 2. The molecule has 3 rings (SSSR count). The predicted octanol–water partition coefficient (Wildman–Crippen LogP) is 3.93. The molecule has 0 radical (unpaired) electrons. The van der Waals surface area contributed by atoms with Gasteiger partial charge in [-0.15, -0.1) is 11.3 Å². The molecule has 7 heteroatoms. The molecule has 0 spiro atoms. The lowest BCUT2D eigenvalue weighted by Crippen LogP contribution is -2.32. The first-order valence-electron chi connectivity index (χ1n) is 8.29. The number of nitrogens with zero attached hydrogens (tertiary/aromatic N) is 1. The molecule has 1 aromatic heterocycles. The van der Waals surface area contributed by atoms with Crippen molar-refractivity contribution in [3.63, 3.8) is 0 Å². The Balaban J connectivity index is 1.57. The van der Waals surface area contributed by atoms with E-state index in [9.17, 15) is 14.0 Å². The SMILES string of the molecule is Cc1ccc(-c2csc(NC(=O)CNC(=O)c3cccc(F)c3)n2)cc1C. The summed E-state index contributed by atoms with van der Waals surface area (Å²) in [5.74, 6) is -1.42. The van der Waals surface area contributed by atoms with Gasteiger partial charge in [-0.1, -0.05) is 18.2 Å². The summed E-state index contributed by atoms with van der Waals surface area (Å²) in [6, 6.07) is 11.4. The molecule has 0 atom stereocenters. The Kier molecular flexibility index (Phi) is 5.61. The van der Waals surface area contributed by atoms with Crippen LogP contribution in [0.5, 0.6) is 0 Å². The standard InChI is InChI=1S/C20H18FN3O2S/c1-12-6-7-14(8-13(12)2)17-11-27-20(23-17)24-18(25)10-22-19(26)15-4-3-5-16(21)9-15/h3-9,11H,10H2,1-2H3,(H,22,26)(H,23,24,25). The van der Waals surface area contributed by atoms with E-state index >= 15 is 0 Å². The van der Waals surface area contributed by atoms with Crippen LogP contribution in [0.15, 0.2) is 47.8 Å². The zero-order chi connectivity index (χ0) is 19.4. The number of anilines is 1. The van der Waals surface area contributed by atoms with E-state index in [2.05, 4.69) is 21.7 Å². The number of hydrogen-bond acceptors (Lipinski definition) is 4. The number of halogens is 1. The quantitative estimate of drug-likeness (QED) is 0.701. The van der Waals surface area contributed by atoms with Crippen molar-refractivity contribution < 1.29 is 14.0 Å². The van der Waals surface area contributed by atoms with Crippen LogP contribution in [-0.2, 0) is 4.79 Å². The Morgan fingerprint density at radius 2 is 1.93 bits per heavy atom. The highest BCUT2D eigenvalue weighted by atomic mass is 32.1. The van der Waals surface area contributed by atoms with Crippen LogP contribution in [0.25, 0.3) is 11.3 Å². The number of aryl methyl sites for hydroxylation is 2. The number of benzene rings is 2. The normalized spacial score (nSPS) is 10.5. The van der Waals surface area contributed by atoms with Gasteiger partial charge in [0.2, 0.25) is 5.91 Å². The van der Waals surface area contributed by atoms with Crippen LogP contribution >= 0.6 is 11.3 Å². The summed E-state index contributed by atoms with van der Waals surface area (Å²) in [4.78, 5) is 28.4. The first-order valence-corrected chi connectivity index (χ1v) is 9.17. The summed E-state index contributed by atoms with van der Waals surface area (Å²) in [6.07, 6.45) is 0. The number of amides is 2. The topological polar surface area (TPSA) is 71.1 Å². The molecule has 3 aromatic rings. The summed E-state index contributed by atoms with van der Waals surface area (Å²) >= 11 is 1.31. The van der Waals surface area contributed by atoms with Crippen molar-refractivity contribution in [1.82, 2.24) is 10.3 Å². The Morgan fingerprint density at radius 3 is 2.67 bits per heavy atom. The molecule has 0 aliphatic rings. The van der Waals surface area contributed by atoms with Gasteiger partial charge >= 0.3 is 0 Å². The molecule has 2 amide bonds. The molecule has 0 saturated heterocycles. The fourth-order valence-electron chi connectivity index (χ4n) is 2.42. The van der Waals surface area contributed by atoms with E-state index in [-0.39, 0.29) is 12.1 Å². The molecule has 2 aromatic carbocycles. The predicted molar refractivity (Wildman–Crippen MR) is 104 cm³/mol. The molecule has 5 nitrogen and oxygen atoms in total. The molecule has 27 heavy (non-hydrogen) atoms. The van der Waals surface area contributed by atoms with Crippen LogP contribution in [-0.4, -0.2) is 23.3 Å². The van der Waals surface area contributed by atoms with Crippen LogP contribution in [0, 0.1) is 19.7 Å². The average Bonchev–Trinajstić information content (AvgIpc) is 3.10. The molecule has 138 valence electrons. The van der Waals surface area contributed by atoms with Gasteiger partial charge in [0.15, 0.2) is 5.13 Å². The van der Waals surface area contributed by atoms with Crippen molar-refractivity contribution in [2.45, 2.75) is 13.8 Å². The second kappa shape index (κ2) is 8.09. The third-order valence-corrected chi connectivity index (χ3v) is 4.81. The smallest absolute Gasteiger partial charge is 0.251 e. The summed E-state index contributed by atoms with van der Waals surface area (Å²) in [5.41, 5.74) is 4.30. The molecular weight excluding hydrogens is 365 g/mol. The summed E-state index contributed by atoms with van der Waals surface area (Å²) < 4.78 is 13.1. The van der Waals surface area contributed by atoms with Gasteiger partial charge in [-0.2, -0.15) is 0 Å². The minimum atomic E-state index is -0.514. The molecule has 0 aliphatic carbocycles. The number of aromatic nitrogens is 1. The van der Waals surface area contributed by atoms with E-state index in [0.29, 0.717) is 5.13 Å². The lowest BCUT2D eigenvalue weighted by molar-refractivity contribution is -0.115. The molecule has 0 unspecified atom stereocenters. The number of rotatable bonds is 5. The van der Waals surface area contributed by atoms with Crippen molar-refractivity contribution in [3.05, 3.63) is 70.4 Å². The lowest BCUT2D eigenvalue weighted by atomic mass is 10.1. The molecule has 0 saturated carbocycles. The van der Waals surface area contributed by atoms with Gasteiger partial charge in [-0.05, 0) is 49.2 Å². The van der Waals surface area contributed by atoms with Crippen LogP contribution in [0.2, 0.25) is 0 Å². The molecule has 0 aliphatic heterocycles. The zero-order valence-electron chi connectivity index (χ0n) is 14.9. The second-order valence-electron chi connectivity index (χ2n) is 6.08. The molecule has 0 fully saturated rings. The van der Waals surface area contributed by atoms with E-state index < -0.39 is 17.6 Å². The fourth-order valence-corrected chi connectivity index (χ4v) is 3.16. The molecule has 0 bridgehead atoms. The number of thiazole rings is 1. The third kappa shape index (κ3) is 4.77. The fraction of sp³-hybridized carbons (Fsp3) is 0.150. The Hall–Kier alpha value is -3.06. The monoisotopic (exact) mass is 383 g/mol. The zero-order valence-corrected chi connectivity index (χ0v) is 15.7. The van der Waals surface area contributed by atoms with Crippen molar-refractivity contribution in [1.29, 1.82) is 0 Å². The van der Waals surface area contributed by atoms with Crippen molar-refractivity contribution >= 4 is 28.3 Å². The van der Waals surface area contributed by atoms with E-state index in [4.69, 9.17) is 0 Å². The van der Waals surface area contributed by atoms with Crippen LogP contribution in [0.3, 0.4) is 0 Å². The van der Waals surface area contributed by atoms with E-state index in [1.54, 1.807) is 0 Å². The van der Waals surface area contributed by atoms with Gasteiger partial charge < -0.3 is 10.6 Å². The number of nitrogens with one attached hydrogen (secondary N) is 2. The first kappa shape index (κ1) is 18.7. The molecule has 2 N–H and O–H groups in total. The van der Waals surface area contributed by atoms with Crippen molar-refractivity contribution in [2.75, 3.05) is 11.9 Å². The van der Waals surface area contributed by atoms with Gasteiger partial charge in [0.05, 0.1) is 12.2 Å². The van der Waals surface area contributed by atoms with Gasteiger partial charge in [0.1, 0.15) is 5.82 Å². The van der Waals surface area contributed by atoms with E-state index in [1.807, 2.05) is 31.4 Å². The second-order valence-corrected chi connectivity index (χ2v) is 6.94. The van der Waals surface area contributed by atoms with Crippen LogP contribution in [0.1, 0.15) is 21.5 Å². The minimum absolute atomic E-state index is 0.161. The van der Waals surface area contributed by atoms with Gasteiger partial charge in [-0.3, -0.25) is 9.59 Å². The van der Waals surface area contributed by atoms with E-state index in [1.165, 1.54) is 40.7 Å². The van der Waals surface area contributed by atoms with Gasteiger partial charge in [0.25, 0.3) is 5.91 Å². The Labute approximate surface area is 160 Å². The third-order valence-electron chi connectivity index (χ3n) is 4.05. The Morgan fingerprint density at radius 1 is 1.11 bits per heavy atom. The minimum Gasteiger partial charge on any atom is -0.343 e. The highest BCUT2D eigenvalue weighted by Crippen LogP contribution is 2.26. The Bertz CT molecular complexity index is 1000. The summed E-state index contributed by atoms with van der Waals surface area (Å²) in [7, 11) is 0. The van der Waals surface area contributed by atoms with Crippen LogP contribution < -0.4 is 10.6 Å². The maximum absolute atomic E-state index is 13.1. The summed E-state index contributed by atoms with van der Waals surface area (Å²) in [6.45, 7) is 3.85. The van der Waals surface area contributed by atoms with Gasteiger partial charge in [0, 0.05) is 16.5 Å². The largest absolute Gasteiger partial charge is 0.343 e. The molecule has 1 heterocycles. The first-order chi connectivity index (χ1) is 12.9. The summed E-state index contributed by atoms with van der Waals surface area (Å²) in [5, 5.41) is 7.43. The average molecular weight is 383 g/mol. The van der Waals surface area contributed by atoms with Crippen molar-refractivity contribution in [2.24, 2.45) is 0 Å². The van der Waals surface area contributed by atoms with Crippen LogP contribution in [0.4, 0.5) is 9.52 Å². The highest BCUT2D eigenvalue weighted by Gasteiger charge is 2.11. The number of carbonyl (C=O) groups excluding carboxylic acids is 2. The van der Waals surface area contributed by atoms with Gasteiger partial charge in [-0.25, -0.2) is 9.37 Å². The number of carbonyl (C=O) groups is 2. The molecular formula is C20H18FN3O2S. The maximum Gasteiger partial charge on any atom is 0.251 e. The van der Waals surface area contributed by atoms with Crippen molar-refractivity contribution in [3.8, 4) is 11.3 Å².